The third-order valence-corrected chi connectivity index (χ3v) is 5.31. The topological polar surface area (TPSA) is 46.3 Å². The summed E-state index contributed by atoms with van der Waals surface area (Å²) in [5, 5.41) is 0. The molecule has 1 heterocycles. The highest BCUT2D eigenvalue weighted by Crippen LogP contribution is 2.39. The normalized spacial score (nSPS) is 31.2. The molecule has 3 nitrogen and oxygen atoms in total. The quantitative estimate of drug-likeness (QED) is 0.853. The summed E-state index contributed by atoms with van der Waals surface area (Å²) in [4.78, 5) is 14.8. The Balaban J connectivity index is 1.98. The Morgan fingerprint density at radius 1 is 1.21 bits per heavy atom. The Hall–Kier alpha value is -0.570. The fourth-order valence-corrected chi connectivity index (χ4v) is 3.81. The number of hydrogen-bond donors (Lipinski definition) is 1. The Kier molecular flexibility index (Phi) is 4.88. The minimum atomic E-state index is 0.107. The second-order valence-electron chi connectivity index (χ2n) is 7.02. The minimum Gasteiger partial charge on any atom is -0.340 e. The van der Waals surface area contributed by atoms with Crippen molar-refractivity contribution in [2.75, 3.05) is 13.1 Å². The molecule has 0 aromatic heterocycles. The first-order valence-corrected chi connectivity index (χ1v) is 8.06. The van der Waals surface area contributed by atoms with Crippen LogP contribution in [0.3, 0.4) is 0 Å². The van der Waals surface area contributed by atoms with E-state index in [9.17, 15) is 4.79 Å². The van der Waals surface area contributed by atoms with Crippen molar-refractivity contribution < 1.29 is 4.79 Å². The van der Waals surface area contributed by atoms with Crippen molar-refractivity contribution in [3.63, 3.8) is 0 Å². The van der Waals surface area contributed by atoms with Crippen molar-refractivity contribution >= 4 is 5.91 Å². The molecule has 2 unspecified atom stereocenters. The Bertz CT molecular complexity index is 310. The molecule has 110 valence electrons. The number of amides is 1. The fraction of sp³-hybridized carbons (Fsp3) is 0.938. The largest absolute Gasteiger partial charge is 0.340 e. The molecule has 0 bridgehead atoms. The molecule has 2 aliphatic rings. The molecule has 0 aromatic rings. The van der Waals surface area contributed by atoms with E-state index in [1.165, 1.54) is 25.7 Å². The van der Waals surface area contributed by atoms with Crippen molar-refractivity contribution in [1.82, 2.24) is 4.90 Å². The third kappa shape index (κ3) is 3.50. The van der Waals surface area contributed by atoms with Crippen LogP contribution < -0.4 is 5.73 Å². The molecule has 1 aliphatic carbocycles. The van der Waals surface area contributed by atoms with E-state index < -0.39 is 0 Å². The molecule has 0 aromatic carbocycles. The van der Waals surface area contributed by atoms with E-state index in [0.717, 1.165) is 25.8 Å². The molecular formula is C16H30N2O. The van der Waals surface area contributed by atoms with Gasteiger partial charge in [-0.3, -0.25) is 4.79 Å². The molecule has 3 heteroatoms. The van der Waals surface area contributed by atoms with E-state index in [4.69, 9.17) is 5.73 Å². The molecule has 2 rings (SSSR count). The van der Waals surface area contributed by atoms with Gasteiger partial charge in [-0.1, -0.05) is 26.2 Å². The van der Waals surface area contributed by atoms with Gasteiger partial charge in [0, 0.05) is 19.0 Å². The Labute approximate surface area is 117 Å². The SMILES string of the molecule is CC1CCC(C)N(C(=O)CC2(CN)CCCCC2)C1. The monoisotopic (exact) mass is 266 g/mol. The van der Waals surface area contributed by atoms with Gasteiger partial charge < -0.3 is 10.6 Å². The second-order valence-corrected chi connectivity index (χ2v) is 7.02. The van der Waals surface area contributed by atoms with Crippen LogP contribution in [0.1, 0.15) is 65.2 Å². The molecular weight excluding hydrogens is 236 g/mol. The summed E-state index contributed by atoms with van der Waals surface area (Å²) in [6.45, 7) is 6.07. The number of nitrogens with zero attached hydrogens (tertiary/aromatic N) is 1. The average molecular weight is 266 g/mol. The fourth-order valence-electron chi connectivity index (χ4n) is 3.81. The van der Waals surface area contributed by atoms with Gasteiger partial charge in [0.25, 0.3) is 0 Å². The number of hydrogen-bond acceptors (Lipinski definition) is 2. The number of nitrogens with two attached hydrogens (primary N) is 1. The highest BCUT2D eigenvalue weighted by Gasteiger charge is 2.36. The molecule has 0 spiro atoms. The number of piperidine rings is 1. The maximum absolute atomic E-state index is 12.7. The summed E-state index contributed by atoms with van der Waals surface area (Å²) in [5.41, 5.74) is 6.11. The van der Waals surface area contributed by atoms with Gasteiger partial charge in [0.2, 0.25) is 5.91 Å². The number of likely N-dealkylation sites (tertiary alicyclic amines) is 1. The lowest BCUT2D eigenvalue weighted by molar-refractivity contribution is -0.138. The highest BCUT2D eigenvalue weighted by atomic mass is 16.2. The zero-order chi connectivity index (χ0) is 13.9. The van der Waals surface area contributed by atoms with Crippen LogP contribution in [0, 0.1) is 11.3 Å². The van der Waals surface area contributed by atoms with E-state index in [1.807, 2.05) is 0 Å². The van der Waals surface area contributed by atoms with E-state index in [-0.39, 0.29) is 5.41 Å². The molecule has 19 heavy (non-hydrogen) atoms. The van der Waals surface area contributed by atoms with Crippen LogP contribution in [0.15, 0.2) is 0 Å². The van der Waals surface area contributed by atoms with Gasteiger partial charge in [-0.2, -0.15) is 0 Å². The lowest BCUT2D eigenvalue weighted by Crippen LogP contribution is -2.47. The first kappa shape index (κ1) is 14.8. The Morgan fingerprint density at radius 2 is 1.89 bits per heavy atom. The molecule has 1 saturated carbocycles. The highest BCUT2D eigenvalue weighted by molar-refractivity contribution is 5.77. The number of carbonyl (C=O) groups excluding carboxylic acids is 1. The van der Waals surface area contributed by atoms with Gasteiger partial charge in [-0.05, 0) is 50.5 Å². The summed E-state index contributed by atoms with van der Waals surface area (Å²) in [6, 6.07) is 0.419. The number of rotatable bonds is 3. The average Bonchev–Trinajstić information content (AvgIpc) is 2.42. The molecule has 0 radical (unpaired) electrons. The molecule has 2 atom stereocenters. The van der Waals surface area contributed by atoms with Crippen LogP contribution in [-0.2, 0) is 4.79 Å². The van der Waals surface area contributed by atoms with E-state index in [0.29, 0.717) is 30.8 Å². The van der Waals surface area contributed by atoms with E-state index in [1.54, 1.807) is 0 Å². The number of carbonyl (C=O) groups is 1. The van der Waals surface area contributed by atoms with Crippen LogP contribution in [0.25, 0.3) is 0 Å². The molecule has 1 aliphatic heterocycles. The third-order valence-electron chi connectivity index (χ3n) is 5.31. The molecule has 1 saturated heterocycles. The maximum Gasteiger partial charge on any atom is 0.223 e. The molecule has 2 N–H and O–H groups in total. The predicted molar refractivity (Wildman–Crippen MR) is 78.8 cm³/mol. The van der Waals surface area contributed by atoms with Crippen molar-refractivity contribution in [3.8, 4) is 0 Å². The second kappa shape index (κ2) is 6.25. The van der Waals surface area contributed by atoms with Crippen LogP contribution in [0.5, 0.6) is 0 Å². The predicted octanol–water partition coefficient (Wildman–Crippen LogP) is 2.93. The van der Waals surface area contributed by atoms with Crippen molar-refractivity contribution in [3.05, 3.63) is 0 Å². The summed E-state index contributed by atoms with van der Waals surface area (Å²) in [5.74, 6) is 1.01. The van der Waals surface area contributed by atoms with Crippen LogP contribution >= 0.6 is 0 Å². The summed E-state index contributed by atoms with van der Waals surface area (Å²) < 4.78 is 0. The summed E-state index contributed by atoms with van der Waals surface area (Å²) in [7, 11) is 0. The van der Waals surface area contributed by atoms with Gasteiger partial charge in [0.15, 0.2) is 0 Å². The first-order valence-electron chi connectivity index (χ1n) is 8.06. The van der Waals surface area contributed by atoms with Crippen molar-refractivity contribution in [2.24, 2.45) is 17.1 Å². The molecule has 1 amide bonds. The smallest absolute Gasteiger partial charge is 0.223 e. The minimum absolute atomic E-state index is 0.107. The van der Waals surface area contributed by atoms with Crippen LogP contribution in [0.4, 0.5) is 0 Å². The van der Waals surface area contributed by atoms with Gasteiger partial charge >= 0.3 is 0 Å². The van der Waals surface area contributed by atoms with Gasteiger partial charge in [-0.25, -0.2) is 0 Å². The van der Waals surface area contributed by atoms with Gasteiger partial charge in [0.05, 0.1) is 0 Å². The standard InChI is InChI=1S/C16H30N2O/c1-13-6-7-14(2)18(11-13)15(19)10-16(12-17)8-4-3-5-9-16/h13-14H,3-12,17H2,1-2H3. The summed E-state index contributed by atoms with van der Waals surface area (Å²) in [6.07, 6.45) is 9.19. The Morgan fingerprint density at radius 3 is 2.53 bits per heavy atom. The van der Waals surface area contributed by atoms with Crippen molar-refractivity contribution in [1.29, 1.82) is 0 Å². The lowest BCUT2D eigenvalue weighted by Gasteiger charge is -2.41. The zero-order valence-corrected chi connectivity index (χ0v) is 12.7. The summed E-state index contributed by atoms with van der Waals surface area (Å²) >= 11 is 0. The zero-order valence-electron chi connectivity index (χ0n) is 12.7. The molecule has 2 fully saturated rings. The first-order chi connectivity index (χ1) is 9.06. The lowest BCUT2D eigenvalue weighted by atomic mass is 9.71. The maximum atomic E-state index is 12.7. The van der Waals surface area contributed by atoms with Crippen molar-refractivity contribution in [2.45, 2.75) is 71.3 Å². The van der Waals surface area contributed by atoms with Gasteiger partial charge in [-0.15, -0.1) is 0 Å². The van der Waals surface area contributed by atoms with Crippen LogP contribution in [-0.4, -0.2) is 29.9 Å². The van der Waals surface area contributed by atoms with Crippen LogP contribution in [0.2, 0.25) is 0 Å². The van der Waals surface area contributed by atoms with E-state index in [2.05, 4.69) is 18.7 Å². The van der Waals surface area contributed by atoms with Gasteiger partial charge in [0.1, 0.15) is 0 Å². The van der Waals surface area contributed by atoms with E-state index >= 15 is 0 Å².